The van der Waals surface area contributed by atoms with Crippen molar-refractivity contribution in [1.82, 2.24) is 4.98 Å². The number of carbonyl (C=O) groups excluding carboxylic acids is 1. The largest absolute Gasteiger partial charge is 0.515 e. The number of benzene rings is 1. The maximum atomic E-state index is 11.2. The summed E-state index contributed by atoms with van der Waals surface area (Å²) in [6.07, 6.45) is -0.731. The van der Waals surface area contributed by atoms with Gasteiger partial charge in [0, 0.05) is 11.5 Å². The summed E-state index contributed by atoms with van der Waals surface area (Å²) < 4.78 is 15.3. The highest BCUT2D eigenvalue weighted by Gasteiger charge is 2.13. The van der Waals surface area contributed by atoms with E-state index < -0.39 is 6.16 Å². The van der Waals surface area contributed by atoms with Crippen molar-refractivity contribution in [3.63, 3.8) is 0 Å². The van der Waals surface area contributed by atoms with Gasteiger partial charge in [-0.2, -0.15) is 0 Å². The number of rotatable bonds is 2. The number of hydrogen-bond acceptors (Lipinski definition) is 4. The van der Waals surface area contributed by atoms with Gasteiger partial charge in [0.25, 0.3) is 0 Å². The van der Waals surface area contributed by atoms with E-state index in [1.807, 2.05) is 24.3 Å². The molecular weight excluding hydrogens is 234 g/mol. The standard InChI is InChI=1S/C13H11NO4/c1-2-16-13(15)18-11-7-10-12(14-11)8-5-3-4-6-9(8)17-10/h3-7,14H,2H2,1H3. The molecule has 0 amide bonds. The number of hydrogen-bond donors (Lipinski definition) is 1. The van der Waals surface area contributed by atoms with Gasteiger partial charge in [-0.15, -0.1) is 0 Å². The first-order valence-electron chi connectivity index (χ1n) is 5.63. The van der Waals surface area contributed by atoms with Crippen LogP contribution in [0.15, 0.2) is 34.7 Å². The van der Waals surface area contributed by atoms with Gasteiger partial charge in [-0.05, 0) is 19.1 Å². The smallest absolute Gasteiger partial charge is 0.454 e. The topological polar surface area (TPSA) is 64.5 Å². The summed E-state index contributed by atoms with van der Waals surface area (Å²) in [5.74, 6) is 0.313. The van der Waals surface area contributed by atoms with Crippen molar-refractivity contribution >= 4 is 28.2 Å². The zero-order valence-corrected chi connectivity index (χ0v) is 9.73. The average molecular weight is 245 g/mol. The van der Waals surface area contributed by atoms with Crippen molar-refractivity contribution < 1.29 is 18.7 Å². The van der Waals surface area contributed by atoms with Crippen LogP contribution in [0.5, 0.6) is 5.88 Å². The molecule has 18 heavy (non-hydrogen) atoms. The fourth-order valence-corrected chi connectivity index (χ4v) is 1.87. The van der Waals surface area contributed by atoms with E-state index in [-0.39, 0.29) is 6.61 Å². The molecule has 0 unspecified atom stereocenters. The summed E-state index contributed by atoms with van der Waals surface area (Å²) in [6, 6.07) is 9.28. The molecular formula is C13H11NO4. The Morgan fingerprint density at radius 2 is 2.17 bits per heavy atom. The summed E-state index contributed by atoms with van der Waals surface area (Å²) >= 11 is 0. The quantitative estimate of drug-likeness (QED) is 0.702. The van der Waals surface area contributed by atoms with Crippen molar-refractivity contribution in [2.24, 2.45) is 0 Å². The van der Waals surface area contributed by atoms with Gasteiger partial charge in [-0.25, -0.2) is 4.79 Å². The summed E-state index contributed by atoms with van der Waals surface area (Å²) in [4.78, 5) is 14.2. The molecule has 2 heterocycles. The lowest BCUT2D eigenvalue weighted by Gasteiger charge is -2.00. The summed E-state index contributed by atoms with van der Waals surface area (Å²) in [5.41, 5.74) is 2.25. The number of H-pyrrole nitrogens is 1. The lowest BCUT2D eigenvalue weighted by molar-refractivity contribution is 0.103. The minimum atomic E-state index is -0.731. The van der Waals surface area contributed by atoms with Crippen molar-refractivity contribution in [1.29, 1.82) is 0 Å². The van der Waals surface area contributed by atoms with Crippen LogP contribution in [0, 0.1) is 0 Å². The molecule has 1 N–H and O–H groups in total. The van der Waals surface area contributed by atoms with E-state index >= 15 is 0 Å². The van der Waals surface area contributed by atoms with Crippen LogP contribution in [-0.2, 0) is 4.74 Å². The first-order chi connectivity index (χ1) is 8.78. The molecule has 0 aliphatic heterocycles. The molecule has 2 aromatic heterocycles. The molecule has 0 spiro atoms. The number of aromatic nitrogens is 1. The molecule has 0 fully saturated rings. The zero-order chi connectivity index (χ0) is 12.5. The second-order valence-electron chi connectivity index (χ2n) is 3.76. The van der Waals surface area contributed by atoms with Gasteiger partial charge in [0.2, 0.25) is 5.88 Å². The molecule has 92 valence electrons. The number of aromatic amines is 1. The van der Waals surface area contributed by atoms with Gasteiger partial charge in [-0.1, -0.05) is 12.1 Å². The Hall–Kier alpha value is -2.43. The van der Waals surface area contributed by atoms with Gasteiger partial charge < -0.3 is 18.9 Å². The predicted molar refractivity (Wildman–Crippen MR) is 65.7 cm³/mol. The first-order valence-corrected chi connectivity index (χ1v) is 5.63. The molecule has 5 nitrogen and oxygen atoms in total. The predicted octanol–water partition coefficient (Wildman–Crippen LogP) is 3.45. The molecule has 0 atom stereocenters. The van der Waals surface area contributed by atoms with Gasteiger partial charge in [-0.3, -0.25) is 0 Å². The molecule has 0 saturated heterocycles. The monoisotopic (exact) mass is 245 g/mol. The Balaban J connectivity index is 1.99. The molecule has 0 saturated carbocycles. The number of furan rings is 1. The Labute approximate surface area is 102 Å². The second-order valence-corrected chi connectivity index (χ2v) is 3.76. The number of carbonyl (C=O) groups is 1. The molecule has 0 bridgehead atoms. The van der Waals surface area contributed by atoms with Gasteiger partial charge in [0.05, 0.1) is 12.1 Å². The van der Waals surface area contributed by atoms with Crippen LogP contribution in [0.1, 0.15) is 6.92 Å². The van der Waals surface area contributed by atoms with Gasteiger partial charge >= 0.3 is 6.16 Å². The number of para-hydroxylation sites is 1. The van der Waals surface area contributed by atoms with E-state index in [1.54, 1.807) is 13.0 Å². The van der Waals surface area contributed by atoms with E-state index in [9.17, 15) is 4.79 Å². The van der Waals surface area contributed by atoms with E-state index in [0.717, 1.165) is 16.5 Å². The summed E-state index contributed by atoms with van der Waals surface area (Å²) in [7, 11) is 0. The van der Waals surface area contributed by atoms with Crippen molar-refractivity contribution in [3.8, 4) is 5.88 Å². The van der Waals surface area contributed by atoms with Crippen molar-refractivity contribution in [2.75, 3.05) is 6.61 Å². The third kappa shape index (κ3) is 1.69. The zero-order valence-electron chi connectivity index (χ0n) is 9.73. The van der Waals surface area contributed by atoms with Crippen LogP contribution in [0.2, 0.25) is 0 Å². The Morgan fingerprint density at radius 1 is 1.33 bits per heavy atom. The molecule has 0 aliphatic rings. The third-order valence-corrected chi connectivity index (χ3v) is 2.59. The Kier molecular flexibility index (Phi) is 2.44. The van der Waals surface area contributed by atoms with Crippen LogP contribution in [0.3, 0.4) is 0 Å². The molecule has 5 heteroatoms. The molecule has 3 rings (SSSR count). The molecule has 1 aromatic carbocycles. The Bertz CT molecular complexity index is 710. The first kappa shape index (κ1) is 10.7. The maximum Gasteiger partial charge on any atom is 0.515 e. The lowest BCUT2D eigenvalue weighted by Crippen LogP contribution is -2.10. The molecule has 0 aliphatic carbocycles. The number of fused-ring (bicyclic) bond motifs is 3. The van der Waals surface area contributed by atoms with E-state index in [1.165, 1.54) is 0 Å². The maximum absolute atomic E-state index is 11.2. The van der Waals surface area contributed by atoms with Crippen LogP contribution in [0.25, 0.3) is 22.1 Å². The second kappa shape index (κ2) is 4.10. The minimum absolute atomic E-state index is 0.276. The van der Waals surface area contributed by atoms with Crippen LogP contribution in [-0.4, -0.2) is 17.7 Å². The lowest BCUT2D eigenvalue weighted by atomic mass is 10.2. The van der Waals surface area contributed by atoms with Crippen LogP contribution < -0.4 is 4.74 Å². The highest BCUT2D eigenvalue weighted by atomic mass is 16.7. The van der Waals surface area contributed by atoms with E-state index in [2.05, 4.69) is 4.98 Å². The normalized spacial score (nSPS) is 10.9. The van der Waals surface area contributed by atoms with Crippen LogP contribution in [0.4, 0.5) is 4.79 Å². The fourth-order valence-electron chi connectivity index (χ4n) is 1.87. The Morgan fingerprint density at radius 3 is 3.00 bits per heavy atom. The van der Waals surface area contributed by atoms with Crippen molar-refractivity contribution in [2.45, 2.75) is 6.92 Å². The SMILES string of the molecule is CCOC(=O)Oc1cc2oc3ccccc3c2[nH]1. The fraction of sp³-hybridized carbons (Fsp3) is 0.154. The van der Waals surface area contributed by atoms with E-state index in [0.29, 0.717) is 11.5 Å². The minimum Gasteiger partial charge on any atom is -0.454 e. The summed E-state index contributed by atoms with van der Waals surface area (Å²) in [6.45, 7) is 1.99. The van der Waals surface area contributed by atoms with Crippen molar-refractivity contribution in [3.05, 3.63) is 30.3 Å². The van der Waals surface area contributed by atoms with E-state index in [4.69, 9.17) is 13.9 Å². The van der Waals surface area contributed by atoms with Crippen LogP contribution >= 0.6 is 0 Å². The molecule has 3 aromatic rings. The number of nitrogens with one attached hydrogen (secondary N) is 1. The highest BCUT2D eigenvalue weighted by Crippen LogP contribution is 2.30. The highest BCUT2D eigenvalue weighted by molar-refractivity contribution is 6.03. The third-order valence-electron chi connectivity index (χ3n) is 2.59. The number of ether oxygens (including phenoxy) is 2. The van der Waals surface area contributed by atoms with Gasteiger partial charge in [0.15, 0.2) is 5.58 Å². The molecule has 0 radical (unpaired) electrons. The average Bonchev–Trinajstić information content (AvgIpc) is 2.86. The summed E-state index contributed by atoms with van der Waals surface area (Å²) in [5, 5.41) is 0.950. The van der Waals surface area contributed by atoms with Gasteiger partial charge in [0.1, 0.15) is 5.58 Å².